The van der Waals surface area contributed by atoms with Gasteiger partial charge in [0.2, 0.25) is 0 Å². The molecule has 2 heterocycles. The van der Waals surface area contributed by atoms with Crippen molar-refractivity contribution in [3.63, 3.8) is 0 Å². The molecule has 0 spiro atoms. The molecule has 1 unspecified atom stereocenters. The van der Waals surface area contributed by atoms with Crippen molar-refractivity contribution in [1.82, 2.24) is 4.90 Å². The number of benzene rings is 2. The molecule has 0 aliphatic carbocycles. The van der Waals surface area contributed by atoms with E-state index in [2.05, 4.69) is 4.90 Å². The number of halogens is 3. The largest absolute Gasteiger partial charge is 0.457 e. The molecule has 2 aliphatic heterocycles. The number of hydrogen-bond donors (Lipinski definition) is 1. The third-order valence-electron chi connectivity index (χ3n) is 5.05. The smallest absolute Gasteiger partial charge is 0.416 e. The van der Waals surface area contributed by atoms with Crippen LogP contribution in [-0.4, -0.2) is 48.8 Å². The summed E-state index contributed by atoms with van der Waals surface area (Å²) in [5.41, 5.74) is -0.0853. The summed E-state index contributed by atoms with van der Waals surface area (Å²) in [5.74, 6) is 1.49. The number of piperazine rings is 1. The lowest BCUT2D eigenvalue weighted by Crippen LogP contribution is -2.49. The number of rotatable bonds is 4. The first-order valence-corrected chi connectivity index (χ1v) is 9.36. The maximum absolute atomic E-state index is 12.9. The van der Waals surface area contributed by atoms with Crippen molar-refractivity contribution in [2.75, 3.05) is 37.6 Å². The van der Waals surface area contributed by atoms with Gasteiger partial charge in [-0.3, -0.25) is 4.90 Å². The first-order valence-electron chi connectivity index (χ1n) is 9.36. The highest BCUT2D eigenvalue weighted by molar-refractivity contribution is 5.49. The van der Waals surface area contributed by atoms with E-state index in [1.54, 1.807) is 18.2 Å². The van der Waals surface area contributed by atoms with Crippen LogP contribution in [0.5, 0.6) is 11.5 Å². The van der Waals surface area contributed by atoms with Gasteiger partial charge in [0, 0.05) is 38.4 Å². The van der Waals surface area contributed by atoms with Crippen LogP contribution in [0.2, 0.25) is 0 Å². The summed E-state index contributed by atoms with van der Waals surface area (Å²) in [6.45, 7) is 2.75. The molecule has 0 bridgehead atoms. The third-order valence-corrected chi connectivity index (χ3v) is 5.05. The van der Waals surface area contributed by atoms with Crippen LogP contribution in [0.25, 0.3) is 0 Å². The molecule has 5 nitrogen and oxygen atoms in total. The van der Waals surface area contributed by atoms with Crippen molar-refractivity contribution < 1.29 is 27.8 Å². The average Bonchev–Trinajstić information content (AvgIpc) is 2.73. The Morgan fingerprint density at radius 2 is 1.69 bits per heavy atom. The van der Waals surface area contributed by atoms with Crippen molar-refractivity contribution in [3.8, 4) is 11.5 Å². The molecule has 0 saturated carbocycles. The van der Waals surface area contributed by atoms with E-state index >= 15 is 0 Å². The predicted molar refractivity (Wildman–Crippen MR) is 102 cm³/mol. The maximum atomic E-state index is 12.9. The van der Waals surface area contributed by atoms with E-state index < -0.39 is 17.8 Å². The maximum Gasteiger partial charge on any atom is 0.416 e. The topological polar surface area (TPSA) is 45.2 Å². The van der Waals surface area contributed by atoms with E-state index in [9.17, 15) is 18.3 Å². The Hall–Kier alpha value is -2.71. The molecule has 154 valence electrons. The molecular formula is C21H21F3N2O3. The fraction of sp³-hybridized carbons (Fsp3) is 0.333. The van der Waals surface area contributed by atoms with Crippen molar-refractivity contribution in [1.29, 1.82) is 0 Å². The monoisotopic (exact) mass is 406 g/mol. The van der Waals surface area contributed by atoms with Crippen LogP contribution in [-0.2, 0) is 6.18 Å². The molecule has 1 atom stereocenters. The molecule has 4 rings (SSSR count). The lowest BCUT2D eigenvalue weighted by Gasteiger charge is -2.37. The van der Waals surface area contributed by atoms with Gasteiger partial charge in [0.25, 0.3) is 0 Å². The van der Waals surface area contributed by atoms with Crippen LogP contribution in [0, 0.1) is 0 Å². The number of nitrogens with zero attached hydrogens (tertiary/aromatic N) is 2. The summed E-state index contributed by atoms with van der Waals surface area (Å²) < 4.78 is 50.0. The van der Waals surface area contributed by atoms with Crippen LogP contribution in [0.3, 0.4) is 0 Å². The molecule has 29 heavy (non-hydrogen) atoms. The molecule has 1 saturated heterocycles. The Balaban J connectivity index is 1.32. The Kier molecular flexibility index (Phi) is 5.38. The van der Waals surface area contributed by atoms with E-state index in [4.69, 9.17) is 9.47 Å². The second-order valence-electron chi connectivity index (χ2n) is 7.04. The minimum Gasteiger partial charge on any atom is -0.457 e. The Morgan fingerprint density at radius 3 is 2.41 bits per heavy atom. The lowest BCUT2D eigenvalue weighted by atomic mass is 10.1. The number of fused-ring (bicyclic) bond motifs is 1. The van der Waals surface area contributed by atoms with Crippen LogP contribution in [0.15, 0.2) is 60.6 Å². The number of aliphatic hydroxyl groups is 1. The van der Waals surface area contributed by atoms with Crippen molar-refractivity contribution >= 4 is 5.69 Å². The van der Waals surface area contributed by atoms with Crippen molar-refractivity contribution in [3.05, 3.63) is 66.1 Å². The quantitative estimate of drug-likeness (QED) is 0.842. The molecule has 2 aromatic rings. The summed E-state index contributed by atoms with van der Waals surface area (Å²) in [6.07, 6.45) is -3.80. The molecule has 0 radical (unpaired) electrons. The molecule has 0 amide bonds. The first-order chi connectivity index (χ1) is 13.9. The average molecular weight is 406 g/mol. The van der Waals surface area contributed by atoms with Gasteiger partial charge in [0.1, 0.15) is 12.4 Å². The fourth-order valence-electron chi connectivity index (χ4n) is 3.45. The number of aliphatic hydroxyl groups excluding tert-OH is 1. The molecule has 8 heteroatoms. The van der Waals surface area contributed by atoms with E-state index in [-0.39, 0.29) is 0 Å². The fourth-order valence-corrected chi connectivity index (χ4v) is 3.45. The Bertz CT molecular complexity index is 893. The van der Waals surface area contributed by atoms with E-state index in [0.717, 1.165) is 6.07 Å². The SMILES string of the molecule is OC(CN1CCN(c2cccc(C(F)(F)F)c2)CC1)C1=COc2ccccc2O1. The van der Waals surface area contributed by atoms with Gasteiger partial charge in [0.05, 0.1) is 5.56 Å². The Labute approximate surface area is 166 Å². The molecule has 2 aliphatic rings. The lowest BCUT2D eigenvalue weighted by molar-refractivity contribution is -0.137. The second kappa shape index (κ2) is 7.96. The van der Waals surface area contributed by atoms with Crippen molar-refractivity contribution in [2.45, 2.75) is 12.3 Å². The first kappa shape index (κ1) is 19.6. The zero-order valence-corrected chi connectivity index (χ0v) is 15.6. The normalized spacial score (nSPS) is 18.3. The van der Waals surface area contributed by atoms with Crippen LogP contribution in [0.4, 0.5) is 18.9 Å². The Morgan fingerprint density at radius 1 is 0.966 bits per heavy atom. The van der Waals surface area contributed by atoms with Gasteiger partial charge in [-0.25, -0.2) is 0 Å². The predicted octanol–water partition coefficient (Wildman–Crippen LogP) is 3.50. The van der Waals surface area contributed by atoms with E-state index in [1.165, 1.54) is 18.4 Å². The zero-order valence-electron chi connectivity index (χ0n) is 15.6. The van der Waals surface area contributed by atoms with Crippen LogP contribution < -0.4 is 14.4 Å². The molecular weight excluding hydrogens is 385 g/mol. The molecule has 2 aromatic carbocycles. The zero-order chi connectivity index (χ0) is 20.4. The number of para-hydroxylation sites is 2. The second-order valence-corrected chi connectivity index (χ2v) is 7.04. The third kappa shape index (κ3) is 4.49. The summed E-state index contributed by atoms with van der Waals surface area (Å²) in [7, 11) is 0. The molecule has 0 aromatic heterocycles. The van der Waals surface area contributed by atoms with Gasteiger partial charge in [-0.15, -0.1) is 0 Å². The van der Waals surface area contributed by atoms with E-state index in [0.29, 0.717) is 55.7 Å². The number of anilines is 1. The standard InChI is InChI=1S/C21H21F3N2O3/c22-21(23,24)15-4-3-5-16(12-15)26-10-8-25(9-11-26)13-17(27)20-14-28-18-6-1-2-7-19(18)29-20/h1-7,12,14,17,27H,8-11,13H2. The number of β-amino-alcohol motifs (C(OH)–C–C–N with tert-alkyl or cyclic N) is 1. The summed E-state index contributed by atoms with van der Waals surface area (Å²) in [5, 5.41) is 10.5. The van der Waals surface area contributed by atoms with Gasteiger partial charge in [0.15, 0.2) is 17.3 Å². The number of ether oxygens (including phenoxy) is 2. The highest BCUT2D eigenvalue weighted by atomic mass is 19.4. The summed E-state index contributed by atoms with van der Waals surface area (Å²) in [4.78, 5) is 3.98. The van der Waals surface area contributed by atoms with Gasteiger partial charge in [-0.05, 0) is 30.3 Å². The van der Waals surface area contributed by atoms with E-state index in [1.807, 2.05) is 17.0 Å². The van der Waals surface area contributed by atoms with Crippen LogP contribution in [0.1, 0.15) is 5.56 Å². The molecule has 1 N–H and O–H groups in total. The highest BCUT2D eigenvalue weighted by Crippen LogP contribution is 2.33. The van der Waals surface area contributed by atoms with Gasteiger partial charge < -0.3 is 19.5 Å². The van der Waals surface area contributed by atoms with Gasteiger partial charge >= 0.3 is 6.18 Å². The number of alkyl halides is 3. The minimum absolute atomic E-state index is 0.337. The molecule has 1 fully saturated rings. The summed E-state index contributed by atoms with van der Waals surface area (Å²) in [6, 6.07) is 12.6. The summed E-state index contributed by atoms with van der Waals surface area (Å²) >= 11 is 0. The van der Waals surface area contributed by atoms with Gasteiger partial charge in [-0.2, -0.15) is 13.2 Å². The minimum atomic E-state index is -4.35. The highest BCUT2D eigenvalue weighted by Gasteiger charge is 2.31. The van der Waals surface area contributed by atoms with Gasteiger partial charge in [-0.1, -0.05) is 18.2 Å². The van der Waals surface area contributed by atoms with Crippen molar-refractivity contribution in [2.24, 2.45) is 0 Å². The van der Waals surface area contributed by atoms with Crippen LogP contribution >= 0.6 is 0 Å². The number of hydrogen-bond acceptors (Lipinski definition) is 5.